The SMILES string of the molecule is COc1cc(-c2cnn(C)c2)cc([C@@H](C)NC(=O)c2cc(N3C[C@H]4CC[C@@H](C3)N4C(C)C)ccc2C)c1. The van der Waals surface area contributed by atoms with E-state index in [1.54, 1.807) is 11.8 Å². The molecule has 2 saturated heterocycles. The van der Waals surface area contributed by atoms with Crippen LogP contribution in [0.25, 0.3) is 11.1 Å². The summed E-state index contributed by atoms with van der Waals surface area (Å²) in [6.45, 7) is 10.7. The summed E-state index contributed by atoms with van der Waals surface area (Å²) in [6.07, 6.45) is 6.34. The van der Waals surface area contributed by atoms with Gasteiger partial charge in [0, 0.05) is 61.3 Å². The number of benzene rings is 2. The number of aromatic nitrogens is 2. The molecule has 37 heavy (non-hydrogen) atoms. The van der Waals surface area contributed by atoms with E-state index >= 15 is 0 Å². The van der Waals surface area contributed by atoms with Crippen LogP contribution in [0, 0.1) is 6.92 Å². The Labute approximate surface area is 220 Å². The van der Waals surface area contributed by atoms with Gasteiger partial charge < -0.3 is 15.0 Å². The Morgan fingerprint density at radius 3 is 2.41 bits per heavy atom. The number of rotatable bonds is 7. The first-order valence-corrected chi connectivity index (χ1v) is 13.4. The fourth-order valence-corrected chi connectivity index (χ4v) is 6.13. The van der Waals surface area contributed by atoms with Gasteiger partial charge in [0.1, 0.15) is 5.75 Å². The molecule has 2 aliphatic heterocycles. The summed E-state index contributed by atoms with van der Waals surface area (Å²) in [7, 11) is 3.57. The minimum atomic E-state index is -0.188. The Bertz CT molecular complexity index is 1270. The van der Waals surface area contributed by atoms with Gasteiger partial charge in [-0.15, -0.1) is 0 Å². The van der Waals surface area contributed by atoms with E-state index in [2.05, 4.69) is 58.3 Å². The average molecular weight is 502 g/mol. The molecule has 7 heteroatoms. The third-order valence-corrected chi connectivity index (χ3v) is 8.02. The number of ether oxygens (including phenoxy) is 1. The van der Waals surface area contributed by atoms with E-state index in [-0.39, 0.29) is 11.9 Å². The molecule has 0 radical (unpaired) electrons. The maximum absolute atomic E-state index is 13.5. The second-order valence-electron chi connectivity index (χ2n) is 10.9. The van der Waals surface area contributed by atoms with Crippen molar-refractivity contribution in [1.82, 2.24) is 20.0 Å². The van der Waals surface area contributed by atoms with Crippen molar-refractivity contribution in [3.8, 4) is 16.9 Å². The van der Waals surface area contributed by atoms with E-state index in [1.165, 1.54) is 12.8 Å². The summed E-state index contributed by atoms with van der Waals surface area (Å²) in [5, 5.41) is 7.52. The number of hydrogen-bond acceptors (Lipinski definition) is 5. The highest BCUT2D eigenvalue weighted by Crippen LogP contribution is 2.35. The minimum Gasteiger partial charge on any atom is -0.497 e. The molecule has 3 heterocycles. The van der Waals surface area contributed by atoms with Gasteiger partial charge in [-0.05, 0) is 87.6 Å². The summed E-state index contributed by atoms with van der Waals surface area (Å²) in [5.41, 5.74) is 5.87. The Morgan fingerprint density at radius 1 is 1.05 bits per heavy atom. The molecule has 2 fully saturated rings. The number of fused-ring (bicyclic) bond motifs is 2. The topological polar surface area (TPSA) is 62.6 Å². The van der Waals surface area contributed by atoms with Gasteiger partial charge in [0.2, 0.25) is 0 Å². The van der Waals surface area contributed by atoms with Crippen molar-refractivity contribution >= 4 is 11.6 Å². The van der Waals surface area contributed by atoms with Crippen molar-refractivity contribution in [2.45, 2.75) is 64.7 Å². The molecule has 2 aliphatic rings. The molecule has 3 atom stereocenters. The minimum absolute atomic E-state index is 0.0543. The number of nitrogens with zero attached hydrogens (tertiary/aromatic N) is 4. The lowest BCUT2D eigenvalue weighted by Crippen LogP contribution is -2.56. The third kappa shape index (κ3) is 5.10. The van der Waals surface area contributed by atoms with Crippen LogP contribution in [0.1, 0.15) is 61.1 Å². The molecular formula is C30H39N5O2. The number of piperazine rings is 1. The van der Waals surface area contributed by atoms with Crippen LogP contribution in [-0.2, 0) is 7.05 Å². The summed E-state index contributed by atoms with van der Waals surface area (Å²) in [4.78, 5) is 18.7. The summed E-state index contributed by atoms with van der Waals surface area (Å²) in [6, 6.07) is 14.0. The Morgan fingerprint density at radius 2 is 1.78 bits per heavy atom. The van der Waals surface area contributed by atoms with Crippen molar-refractivity contribution in [3.63, 3.8) is 0 Å². The van der Waals surface area contributed by atoms with E-state index in [0.717, 1.165) is 52.3 Å². The zero-order valence-corrected chi connectivity index (χ0v) is 22.9. The van der Waals surface area contributed by atoms with Crippen LogP contribution in [0.3, 0.4) is 0 Å². The van der Waals surface area contributed by atoms with Crippen molar-refractivity contribution in [2.24, 2.45) is 7.05 Å². The maximum atomic E-state index is 13.5. The lowest BCUT2D eigenvalue weighted by molar-refractivity contribution is 0.0939. The fourth-order valence-electron chi connectivity index (χ4n) is 6.13. The average Bonchev–Trinajstić information content (AvgIpc) is 3.44. The van der Waals surface area contributed by atoms with Gasteiger partial charge >= 0.3 is 0 Å². The monoisotopic (exact) mass is 501 g/mol. The van der Waals surface area contributed by atoms with E-state index < -0.39 is 0 Å². The summed E-state index contributed by atoms with van der Waals surface area (Å²) in [5.74, 6) is 0.701. The fraction of sp³-hybridized carbons (Fsp3) is 0.467. The first-order chi connectivity index (χ1) is 17.7. The zero-order chi connectivity index (χ0) is 26.3. The maximum Gasteiger partial charge on any atom is 0.252 e. The molecule has 1 amide bonds. The van der Waals surface area contributed by atoms with Gasteiger partial charge in [-0.25, -0.2) is 0 Å². The molecule has 3 aromatic rings. The van der Waals surface area contributed by atoms with Crippen LogP contribution >= 0.6 is 0 Å². The molecule has 0 unspecified atom stereocenters. The Kier molecular flexibility index (Phi) is 6.99. The smallest absolute Gasteiger partial charge is 0.252 e. The first kappa shape index (κ1) is 25.3. The van der Waals surface area contributed by atoms with Gasteiger partial charge in [-0.3, -0.25) is 14.4 Å². The molecule has 2 bridgehead atoms. The van der Waals surface area contributed by atoms with E-state index in [9.17, 15) is 4.79 Å². The standard InChI is InChI=1S/C30H39N5O2/c1-19(2)35-26-9-10-27(35)18-34(17-26)25-8-7-20(3)29(14-25)30(36)32-21(4)22-11-23(13-28(12-22)37-6)24-15-31-33(5)16-24/h7-8,11-16,19,21,26-27H,9-10,17-18H2,1-6H3,(H,32,36)/t21-,26-,27+/m1/s1. The number of aryl methyl sites for hydroxylation is 2. The van der Waals surface area contributed by atoms with Crippen molar-refractivity contribution in [1.29, 1.82) is 0 Å². The first-order valence-electron chi connectivity index (χ1n) is 13.4. The normalized spacial score (nSPS) is 20.4. The van der Waals surface area contributed by atoms with Gasteiger partial charge in [0.25, 0.3) is 5.91 Å². The largest absolute Gasteiger partial charge is 0.497 e. The number of hydrogen-bond donors (Lipinski definition) is 1. The molecule has 1 N–H and O–H groups in total. The van der Waals surface area contributed by atoms with Crippen LogP contribution in [0.4, 0.5) is 5.69 Å². The van der Waals surface area contributed by atoms with Gasteiger partial charge in [0.05, 0.1) is 19.3 Å². The number of amides is 1. The van der Waals surface area contributed by atoms with Gasteiger partial charge in [0.15, 0.2) is 0 Å². The van der Waals surface area contributed by atoms with Crippen molar-refractivity contribution < 1.29 is 9.53 Å². The van der Waals surface area contributed by atoms with Crippen LogP contribution in [0.2, 0.25) is 0 Å². The molecule has 7 nitrogen and oxygen atoms in total. The predicted molar refractivity (Wildman–Crippen MR) is 148 cm³/mol. The van der Waals surface area contributed by atoms with E-state index in [4.69, 9.17) is 4.74 Å². The number of carbonyl (C=O) groups is 1. The Balaban J connectivity index is 1.34. The number of nitrogens with one attached hydrogen (secondary N) is 1. The second-order valence-corrected chi connectivity index (χ2v) is 10.9. The quantitative estimate of drug-likeness (QED) is 0.496. The molecule has 1 aromatic heterocycles. The molecule has 0 saturated carbocycles. The van der Waals surface area contributed by atoms with Crippen LogP contribution in [0.5, 0.6) is 5.75 Å². The number of anilines is 1. The number of carbonyl (C=O) groups excluding carboxylic acids is 1. The van der Waals surface area contributed by atoms with Crippen LogP contribution in [-0.4, -0.2) is 58.9 Å². The highest BCUT2D eigenvalue weighted by molar-refractivity contribution is 5.97. The van der Waals surface area contributed by atoms with Crippen molar-refractivity contribution in [3.05, 3.63) is 65.5 Å². The second kappa shape index (κ2) is 10.2. The van der Waals surface area contributed by atoms with Gasteiger partial charge in [-0.1, -0.05) is 6.07 Å². The third-order valence-electron chi connectivity index (χ3n) is 8.02. The lowest BCUT2D eigenvalue weighted by atomic mass is 10.0. The molecule has 2 aromatic carbocycles. The molecule has 196 valence electrons. The molecule has 5 rings (SSSR count). The van der Waals surface area contributed by atoms with Crippen molar-refractivity contribution in [2.75, 3.05) is 25.1 Å². The summed E-state index contributed by atoms with van der Waals surface area (Å²) < 4.78 is 7.34. The lowest BCUT2D eigenvalue weighted by Gasteiger charge is -2.44. The highest BCUT2D eigenvalue weighted by atomic mass is 16.5. The zero-order valence-electron chi connectivity index (χ0n) is 22.9. The summed E-state index contributed by atoms with van der Waals surface area (Å²) >= 11 is 0. The van der Waals surface area contributed by atoms with Crippen LogP contribution in [0.15, 0.2) is 48.8 Å². The van der Waals surface area contributed by atoms with E-state index in [1.807, 2.05) is 45.4 Å². The molecular weight excluding hydrogens is 462 g/mol. The Hall–Kier alpha value is -3.32. The van der Waals surface area contributed by atoms with E-state index in [0.29, 0.717) is 18.1 Å². The predicted octanol–water partition coefficient (Wildman–Crippen LogP) is 4.96. The molecule has 0 aliphatic carbocycles. The number of methoxy groups -OCH3 is 1. The highest BCUT2D eigenvalue weighted by Gasteiger charge is 2.41. The van der Waals surface area contributed by atoms with Gasteiger partial charge in [-0.2, -0.15) is 5.10 Å². The molecule has 0 spiro atoms. The van der Waals surface area contributed by atoms with Crippen LogP contribution < -0.4 is 15.0 Å².